The molecule has 0 spiro atoms. The van der Waals surface area contributed by atoms with Gasteiger partial charge in [0.2, 0.25) is 21.8 Å². The van der Waals surface area contributed by atoms with E-state index in [1.54, 1.807) is 24.1 Å². The van der Waals surface area contributed by atoms with Crippen LogP contribution in [0.1, 0.15) is 51.2 Å². The number of hydrogen-bond acceptors (Lipinski definition) is 5. The lowest BCUT2D eigenvalue weighted by atomic mass is 10.1. The van der Waals surface area contributed by atoms with Crippen molar-refractivity contribution in [1.82, 2.24) is 10.2 Å². The zero-order valence-electron chi connectivity index (χ0n) is 22.0. The van der Waals surface area contributed by atoms with Gasteiger partial charge in [-0.3, -0.25) is 13.9 Å². The minimum Gasteiger partial charge on any atom is -0.497 e. The van der Waals surface area contributed by atoms with Crippen molar-refractivity contribution < 1.29 is 22.7 Å². The van der Waals surface area contributed by atoms with Crippen LogP contribution in [0, 0.1) is 0 Å². The van der Waals surface area contributed by atoms with Gasteiger partial charge in [-0.2, -0.15) is 0 Å². The van der Waals surface area contributed by atoms with E-state index in [2.05, 4.69) is 5.32 Å². The van der Waals surface area contributed by atoms with E-state index in [1.807, 2.05) is 57.2 Å². The molecule has 0 heterocycles. The van der Waals surface area contributed by atoms with Crippen LogP contribution >= 0.6 is 0 Å². The molecule has 2 aromatic carbocycles. The van der Waals surface area contributed by atoms with Gasteiger partial charge >= 0.3 is 0 Å². The Labute approximate surface area is 215 Å². The molecule has 0 bridgehead atoms. The van der Waals surface area contributed by atoms with Crippen molar-refractivity contribution in [2.75, 3.05) is 30.8 Å². The second-order valence-corrected chi connectivity index (χ2v) is 10.6. The Bertz CT molecular complexity index is 1090. The largest absolute Gasteiger partial charge is 0.497 e. The Kier molecular flexibility index (Phi) is 11.2. The van der Waals surface area contributed by atoms with Gasteiger partial charge in [-0.15, -0.1) is 0 Å². The quantitative estimate of drug-likeness (QED) is 0.412. The first kappa shape index (κ1) is 29.2. The fraction of sp³-hybridized carbons (Fsp3) is 0.481. The van der Waals surface area contributed by atoms with Gasteiger partial charge in [0, 0.05) is 26.1 Å². The van der Waals surface area contributed by atoms with Crippen molar-refractivity contribution in [2.24, 2.45) is 0 Å². The number of carbonyl (C=O) groups excluding carboxylic acids is 2. The molecule has 2 amide bonds. The first-order valence-corrected chi connectivity index (χ1v) is 14.3. The Hall–Kier alpha value is -3.07. The molecule has 0 aromatic heterocycles. The molecule has 0 fully saturated rings. The van der Waals surface area contributed by atoms with E-state index in [0.29, 0.717) is 30.8 Å². The van der Waals surface area contributed by atoms with Gasteiger partial charge in [0.25, 0.3) is 0 Å². The smallest absolute Gasteiger partial charge is 0.242 e. The van der Waals surface area contributed by atoms with E-state index in [0.717, 1.165) is 17.5 Å². The molecule has 0 saturated heterocycles. The van der Waals surface area contributed by atoms with Gasteiger partial charge in [-0.25, -0.2) is 8.42 Å². The van der Waals surface area contributed by atoms with Crippen LogP contribution in [0.15, 0.2) is 48.5 Å². The van der Waals surface area contributed by atoms with E-state index >= 15 is 0 Å². The number of methoxy groups -OCH3 is 1. The second-order valence-electron chi connectivity index (χ2n) is 8.65. The summed E-state index contributed by atoms with van der Waals surface area (Å²) in [6, 6.07) is 14.2. The topological polar surface area (TPSA) is 96.0 Å². The van der Waals surface area contributed by atoms with E-state index < -0.39 is 16.1 Å². The maximum atomic E-state index is 13.4. The van der Waals surface area contributed by atoms with Gasteiger partial charge < -0.3 is 15.0 Å². The zero-order valence-corrected chi connectivity index (χ0v) is 22.8. The summed E-state index contributed by atoms with van der Waals surface area (Å²) in [6.07, 6.45) is 2.94. The van der Waals surface area contributed by atoms with Crippen LogP contribution in [0.5, 0.6) is 5.75 Å². The Morgan fingerprint density at radius 2 is 1.58 bits per heavy atom. The predicted molar refractivity (Wildman–Crippen MR) is 144 cm³/mol. The number of benzene rings is 2. The van der Waals surface area contributed by atoms with Crippen molar-refractivity contribution >= 4 is 27.5 Å². The van der Waals surface area contributed by atoms with Crippen LogP contribution in [-0.2, 0) is 32.6 Å². The summed E-state index contributed by atoms with van der Waals surface area (Å²) in [5.74, 6) is 0.314. The summed E-state index contributed by atoms with van der Waals surface area (Å²) in [5, 5.41) is 2.82. The highest BCUT2D eigenvalue weighted by atomic mass is 32.2. The molecule has 0 saturated carbocycles. The molecule has 9 heteroatoms. The zero-order chi connectivity index (χ0) is 26.7. The van der Waals surface area contributed by atoms with Crippen molar-refractivity contribution in [3.05, 3.63) is 59.7 Å². The standard InChI is InChI=1S/C27H39N3O5S/c1-6-21-11-15-23(16-12-21)30(36(5,33)34)19-9-10-26(31)29(25(7-2)27(32)28-8-3)20-22-13-17-24(35-4)18-14-22/h11-18,25H,6-10,19-20H2,1-5H3,(H,28,32). The van der Waals surface area contributed by atoms with Crippen molar-refractivity contribution in [2.45, 2.75) is 59.0 Å². The molecule has 8 nitrogen and oxygen atoms in total. The number of ether oxygens (including phenoxy) is 1. The van der Waals surface area contributed by atoms with E-state index in [1.165, 1.54) is 10.6 Å². The molecule has 0 radical (unpaired) electrons. The first-order valence-electron chi connectivity index (χ1n) is 12.4. The van der Waals surface area contributed by atoms with Crippen LogP contribution < -0.4 is 14.4 Å². The molecule has 1 atom stereocenters. The van der Waals surface area contributed by atoms with Crippen LogP contribution in [0.2, 0.25) is 0 Å². The molecule has 2 aromatic rings. The maximum absolute atomic E-state index is 13.4. The van der Waals surface area contributed by atoms with Crippen LogP contribution in [0.4, 0.5) is 5.69 Å². The molecule has 2 rings (SSSR count). The Morgan fingerprint density at radius 1 is 0.972 bits per heavy atom. The molecule has 0 aliphatic heterocycles. The summed E-state index contributed by atoms with van der Waals surface area (Å²) in [7, 11) is -1.93. The minimum absolute atomic E-state index is 0.116. The number of hydrogen-bond donors (Lipinski definition) is 1. The SMILES string of the molecule is CCNC(=O)C(CC)N(Cc1ccc(OC)cc1)C(=O)CCCN(c1ccc(CC)cc1)S(C)(=O)=O. The summed E-state index contributed by atoms with van der Waals surface area (Å²) in [6.45, 7) is 6.67. The maximum Gasteiger partial charge on any atom is 0.242 e. The van der Waals surface area contributed by atoms with Crippen molar-refractivity contribution in [3.8, 4) is 5.75 Å². The third-order valence-electron chi connectivity index (χ3n) is 6.03. The number of nitrogens with one attached hydrogen (secondary N) is 1. The van der Waals surface area contributed by atoms with Crippen molar-refractivity contribution in [3.63, 3.8) is 0 Å². The predicted octanol–water partition coefficient (Wildman–Crippen LogP) is 3.75. The Balaban J connectivity index is 2.19. The fourth-order valence-electron chi connectivity index (χ4n) is 4.04. The number of sulfonamides is 1. The number of carbonyl (C=O) groups is 2. The van der Waals surface area contributed by atoms with Crippen molar-refractivity contribution in [1.29, 1.82) is 0 Å². The average Bonchev–Trinajstić information content (AvgIpc) is 2.86. The number of rotatable bonds is 14. The van der Waals surface area contributed by atoms with Gasteiger partial charge in [0.05, 0.1) is 19.1 Å². The number of nitrogens with zero attached hydrogens (tertiary/aromatic N) is 2. The molecular formula is C27H39N3O5S. The van der Waals surface area contributed by atoms with E-state index in [-0.39, 0.29) is 31.3 Å². The van der Waals surface area contributed by atoms with E-state index in [9.17, 15) is 18.0 Å². The molecule has 1 N–H and O–H groups in total. The van der Waals surface area contributed by atoms with Gasteiger partial charge in [0.1, 0.15) is 11.8 Å². The minimum atomic E-state index is -3.52. The molecule has 0 aliphatic rings. The molecule has 1 unspecified atom stereocenters. The number of likely N-dealkylation sites (N-methyl/N-ethyl adjacent to an activating group) is 1. The highest BCUT2D eigenvalue weighted by Gasteiger charge is 2.28. The number of aryl methyl sites for hydroxylation is 1. The number of amides is 2. The summed E-state index contributed by atoms with van der Waals surface area (Å²) in [4.78, 5) is 27.7. The van der Waals surface area contributed by atoms with Crippen LogP contribution in [-0.4, -0.2) is 57.6 Å². The third kappa shape index (κ3) is 8.26. The highest BCUT2D eigenvalue weighted by molar-refractivity contribution is 7.92. The summed E-state index contributed by atoms with van der Waals surface area (Å²) < 4.78 is 31.5. The monoisotopic (exact) mass is 517 g/mol. The average molecular weight is 518 g/mol. The molecular weight excluding hydrogens is 478 g/mol. The molecule has 198 valence electrons. The lowest BCUT2D eigenvalue weighted by molar-refractivity contribution is -0.141. The van der Waals surface area contributed by atoms with Gasteiger partial charge in [-0.1, -0.05) is 38.1 Å². The second kappa shape index (κ2) is 13.9. The normalized spacial score (nSPS) is 12.0. The highest BCUT2D eigenvalue weighted by Crippen LogP contribution is 2.21. The summed E-state index contributed by atoms with van der Waals surface area (Å²) >= 11 is 0. The lowest BCUT2D eigenvalue weighted by Gasteiger charge is -2.31. The molecule has 36 heavy (non-hydrogen) atoms. The third-order valence-corrected chi connectivity index (χ3v) is 7.23. The lowest BCUT2D eigenvalue weighted by Crippen LogP contribution is -2.49. The van der Waals surface area contributed by atoms with Crippen LogP contribution in [0.3, 0.4) is 0 Å². The van der Waals surface area contributed by atoms with Crippen LogP contribution in [0.25, 0.3) is 0 Å². The van der Waals surface area contributed by atoms with E-state index in [4.69, 9.17) is 4.74 Å². The van der Waals surface area contributed by atoms with Gasteiger partial charge in [0.15, 0.2) is 0 Å². The number of anilines is 1. The fourth-order valence-corrected chi connectivity index (χ4v) is 5.01. The first-order chi connectivity index (χ1) is 17.1. The molecule has 0 aliphatic carbocycles. The summed E-state index contributed by atoms with van der Waals surface area (Å²) in [5.41, 5.74) is 2.57. The Morgan fingerprint density at radius 3 is 2.08 bits per heavy atom. The van der Waals surface area contributed by atoms with Gasteiger partial charge in [-0.05, 0) is 61.6 Å².